The number of nitrogens with two attached hydrogens (primary N) is 1. The molecule has 9 nitrogen and oxygen atoms in total. The second kappa shape index (κ2) is 11.3. The number of fused-ring (bicyclic) bond motifs is 3. The number of aliphatic hydroxyl groups is 1. The molecule has 3 aliphatic rings. The molecule has 46 heavy (non-hydrogen) atoms. The summed E-state index contributed by atoms with van der Waals surface area (Å²) >= 11 is 0. The van der Waals surface area contributed by atoms with E-state index in [2.05, 4.69) is 0 Å². The van der Waals surface area contributed by atoms with Crippen LogP contribution >= 0.6 is 0 Å². The fraction of sp³-hybridized carbons (Fsp3) is 0.351. The Kier molecular flexibility index (Phi) is 7.73. The zero-order valence-electron chi connectivity index (χ0n) is 26.4. The van der Waals surface area contributed by atoms with Crippen molar-refractivity contribution in [1.82, 2.24) is 4.90 Å². The van der Waals surface area contributed by atoms with Crippen LogP contribution in [-0.2, 0) is 38.8 Å². The van der Waals surface area contributed by atoms with Crippen molar-refractivity contribution in [3.05, 3.63) is 112 Å². The largest absolute Gasteiger partial charge is 0.491 e. The number of carbonyl (C=O) groups excluding carboxylic acids is 4. The molecule has 0 aliphatic heterocycles. The van der Waals surface area contributed by atoms with Gasteiger partial charge in [-0.15, -0.1) is 0 Å². The molecule has 1 saturated carbocycles. The van der Waals surface area contributed by atoms with E-state index in [1.54, 1.807) is 32.0 Å². The molecule has 9 heteroatoms. The van der Waals surface area contributed by atoms with Crippen LogP contribution in [0, 0.1) is 16.7 Å². The molecule has 1 amide bonds. The molecule has 1 fully saturated rings. The number of benzene rings is 3. The van der Waals surface area contributed by atoms with E-state index in [1.807, 2.05) is 79.7 Å². The van der Waals surface area contributed by atoms with E-state index in [0.29, 0.717) is 12.2 Å². The minimum atomic E-state index is -2.72. The van der Waals surface area contributed by atoms with Gasteiger partial charge in [-0.2, -0.15) is 0 Å². The number of rotatable bonds is 8. The van der Waals surface area contributed by atoms with Gasteiger partial charge in [-0.3, -0.25) is 24.1 Å². The highest BCUT2D eigenvalue weighted by Gasteiger charge is 2.75. The van der Waals surface area contributed by atoms with Crippen LogP contribution in [0.15, 0.2) is 90.2 Å². The molecular weight excluding hydrogens is 584 g/mol. The van der Waals surface area contributed by atoms with E-state index in [-0.39, 0.29) is 31.0 Å². The van der Waals surface area contributed by atoms with Crippen molar-refractivity contribution >= 4 is 23.3 Å². The Bertz CT molecular complexity index is 1770. The zero-order chi connectivity index (χ0) is 33.0. The monoisotopic (exact) mass is 622 g/mol. The fourth-order valence-corrected chi connectivity index (χ4v) is 8.22. The van der Waals surface area contributed by atoms with E-state index >= 15 is 0 Å². The lowest BCUT2D eigenvalue weighted by atomic mass is 9.43. The SMILES string of the molecule is CN(C)[C@@H]1C(OCc2ccccc2)=C(C(N)=O)C(=O)[C@@]2(O)C(=O)C3C(=O)c4c(cccc4OCc4ccccc4)C[C@@]3(C)C[C@@]12C. The normalized spacial score (nSPS) is 28.8. The molecule has 0 heterocycles. The van der Waals surface area contributed by atoms with Crippen molar-refractivity contribution < 1.29 is 33.8 Å². The minimum Gasteiger partial charge on any atom is -0.491 e. The van der Waals surface area contributed by atoms with Gasteiger partial charge in [0.25, 0.3) is 5.91 Å². The maximum atomic E-state index is 14.7. The summed E-state index contributed by atoms with van der Waals surface area (Å²) in [4.78, 5) is 58.1. The van der Waals surface area contributed by atoms with Gasteiger partial charge in [0.2, 0.25) is 5.78 Å². The highest BCUT2D eigenvalue weighted by molar-refractivity contribution is 6.33. The summed E-state index contributed by atoms with van der Waals surface area (Å²) in [5, 5.41) is 12.5. The van der Waals surface area contributed by atoms with Gasteiger partial charge in [0.05, 0.1) is 17.5 Å². The number of Topliss-reactive ketones (excluding diaryl/α,β-unsaturated/α-hetero) is 3. The van der Waals surface area contributed by atoms with Crippen molar-refractivity contribution in [1.29, 1.82) is 0 Å². The standard InChI is InChI=1S/C37H38N2O7/c1-35-18-24-16-11-17-25(45-19-22-12-7-5-8-13-22)26(24)29(40)28(35)33(42)37(44)32(41)27(34(38)43)30(31(39(3)4)36(37,2)21-35)46-20-23-14-9-6-10-15-23/h5-17,28,31,44H,18-21H2,1-4H3,(H2,38,43)/t28?,31-,35+,36+,37-/m1/s1. The summed E-state index contributed by atoms with van der Waals surface area (Å²) in [6.07, 6.45) is 0.436. The molecule has 3 aromatic rings. The van der Waals surface area contributed by atoms with E-state index in [9.17, 15) is 24.3 Å². The van der Waals surface area contributed by atoms with E-state index in [0.717, 1.165) is 16.7 Å². The third-order valence-electron chi connectivity index (χ3n) is 10.0. The summed E-state index contributed by atoms with van der Waals surface area (Å²) in [6.45, 7) is 3.76. The van der Waals surface area contributed by atoms with Crippen LogP contribution in [0.3, 0.4) is 0 Å². The lowest BCUT2D eigenvalue weighted by Crippen LogP contribution is -2.76. The molecule has 0 aromatic heterocycles. The first kappa shape index (κ1) is 31.4. The fourth-order valence-electron chi connectivity index (χ4n) is 8.22. The number of nitrogens with zero attached hydrogens (tertiary/aromatic N) is 1. The number of hydrogen-bond acceptors (Lipinski definition) is 8. The maximum absolute atomic E-state index is 14.7. The van der Waals surface area contributed by atoms with Gasteiger partial charge in [-0.1, -0.05) is 86.6 Å². The average molecular weight is 623 g/mol. The molecule has 5 atom stereocenters. The van der Waals surface area contributed by atoms with Crippen LogP contribution in [0.4, 0.5) is 0 Å². The van der Waals surface area contributed by atoms with Crippen LogP contribution in [0.25, 0.3) is 0 Å². The molecular formula is C37H38N2O7. The summed E-state index contributed by atoms with van der Waals surface area (Å²) < 4.78 is 12.3. The Balaban J connectivity index is 1.45. The maximum Gasteiger partial charge on any atom is 0.255 e. The van der Waals surface area contributed by atoms with E-state index in [1.165, 1.54) is 0 Å². The number of likely N-dealkylation sites (N-methyl/N-ethyl adjacent to an activating group) is 1. The Labute approximate surface area is 268 Å². The predicted octanol–water partition coefficient (Wildman–Crippen LogP) is 3.81. The van der Waals surface area contributed by atoms with Gasteiger partial charge in [-0.25, -0.2) is 0 Å². The van der Waals surface area contributed by atoms with Crippen molar-refractivity contribution in [2.24, 2.45) is 22.5 Å². The molecule has 6 rings (SSSR count). The summed E-state index contributed by atoms with van der Waals surface area (Å²) in [5.41, 5.74) is 2.74. The smallest absolute Gasteiger partial charge is 0.255 e. The summed E-state index contributed by atoms with van der Waals surface area (Å²) in [5.74, 6) is -4.72. The highest BCUT2D eigenvalue weighted by Crippen LogP contribution is 2.62. The lowest BCUT2D eigenvalue weighted by molar-refractivity contribution is -0.194. The average Bonchev–Trinajstić information content (AvgIpc) is 3.01. The molecule has 3 aliphatic carbocycles. The number of hydrogen-bond donors (Lipinski definition) is 2. The molecule has 0 radical (unpaired) electrons. The van der Waals surface area contributed by atoms with Gasteiger partial charge in [0.1, 0.15) is 30.3 Å². The first-order valence-corrected chi connectivity index (χ1v) is 15.3. The first-order valence-electron chi connectivity index (χ1n) is 15.3. The van der Waals surface area contributed by atoms with Crippen LogP contribution in [0.2, 0.25) is 0 Å². The number of ether oxygens (including phenoxy) is 2. The molecule has 0 saturated heterocycles. The molecule has 0 spiro atoms. The van der Waals surface area contributed by atoms with Gasteiger partial charge in [0.15, 0.2) is 17.2 Å². The summed E-state index contributed by atoms with van der Waals surface area (Å²) in [6, 6.07) is 23.2. The molecule has 3 aromatic carbocycles. The van der Waals surface area contributed by atoms with Crippen LogP contribution in [0.1, 0.15) is 47.3 Å². The highest BCUT2D eigenvalue weighted by atomic mass is 16.5. The van der Waals surface area contributed by atoms with Crippen molar-refractivity contribution in [3.63, 3.8) is 0 Å². The van der Waals surface area contributed by atoms with Crippen LogP contribution in [-0.4, -0.2) is 59.0 Å². The minimum absolute atomic E-state index is 0.00696. The topological polar surface area (TPSA) is 136 Å². The van der Waals surface area contributed by atoms with Gasteiger partial charge in [-0.05, 0) is 55.1 Å². The van der Waals surface area contributed by atoms with Gasteiger partial charge >= 0.3 is 0 Å². The number of primary amides is 1. The van der Waals surface area contributed by atoms with Crippen molar-refractivity contribution in [3.8, 4) is 5.75 Å². The second-order valence-corrected chi connectivity index (χ2v) is 13.4. The van der Waals surface area contributed by atoms with E-state index in [4.69, 9.17) is 15.2 Å². The Morgan fingerprint density at radius 1 is 0.891 bits per heavy atom. The number of amides is 1. The second-order valence-electron chi connectivity index (χ2n) is 13.4. The van der Waals surface area contributed by atoms with Crippen molar-refractivity contribution in [2.75, 3.05) is 14.1 Å². The quantitative estimate of drug-likeness (QED) is 0.286. The van der Waals surface area contributed by atoms with Gasteiger partial charge in [0, 0.05) is 5.41 Å². The van der Waals surface area contributed by atoms with Crippen LogP contribution < -0.4 is 10.5 Å². The number of ketones is 3. The molecule has 238 valence electrons. The third kappa shape index (κ3) is 4.68. The molecule has 3 N–H and O–H groups in total. The Morgan fingerprint density at radius 3 is 2.04 bits per heavy atom. The van der Waals surface area contributed by atoms with Crippen LogP contribution in [0.5, 0.6) is 5.75 Å². The Morgan fingerprint density at radius 2 is 1.48 bits per heavy atom. The first-order chi connectivity index (χ1) is 21.8. The predicted molar refractivity (Wildman–Crippen MR) is 169 cm³/mol. The Hall–Kier alpha value is -4.60. The summed E-state index contributed by atoms with van der Waals surface area (Å²) in [7, 11) is 3.46. The van der Waals surface area contributed by atoms with E-state index < -0.39 is 57.2 Å². The zero-order valence-corrected chi connectivity index (χ0v) is 26.4. The van der Waals surface area contributed by atoms with Gasteiger partial charge < -0.3 is 20.3 Å². The number of carbonyl (C=O) groups is 4. The third-order valence-corrected chi connectivity index (χ3v) is 10.0. The molecule has 1 unspecified atom stereocenters. The molecule has 0 bridgehead atoms. The van der Waals surface area contributed by atoms with Crippen molar-refractivity contribution in [2.45, 2.75) is 51.5 Å². The lowest BCUT2D eigenvalue weighted by Gasteiger charge is -2.61.